The van der Waals surface area contributed by atoms with Crippen LogP contribution in [0.1, 0.15) is 26.8 Å². The molecule has 0 aliphatic rings. The second-order valence-electron chi connectivity index (χ2n) is 5.40. The standard InChI is InChI=1S/C17H16BrN3OS2/c1-10-8-15(16(22)9-23-17-20-19-12(3)24-17)11(2)21(10)14-6-4-13(18)5-7-14/h4-8H,9H2,1-3H3. The number of nitrogens with zero attached hydrogens (tertiary/aromatic N) is 3. The zero-order chi connectivity index (χ0) is 17.3. The van der Waals surface area contributed by atoms with Gasteiger partial charge in [0.1, 0.15) is 5.01 Å². The summed E-state index contributed by atoms with van der Waals surface area (Å²) in [6.45, 7) is 5.92. The highest BCUT2D eigenvalue weighted by atomic mass is 79.9. The minimum Gasteiger partial charge on any atom is -0.318 e. The fourth-order valence-electron chi connectivity index (χ4n) is 2.57. The number of aromatic nitrogens is 3. The van der Waals surface area contributed by atoms with Crippen LogP contribution in [0.25, 0.3) is 5.69 Å². The molecule has 3 aromatic rings. The number of aryl methyl sites for hydroxylation is 2. The fourth-order valence-corrected chi connectivity index (χ4v) is 4.54. The van der Waals surface area contributed by atoms with Crippen molar-refractivity contribution >= 4 is 44.8 Å². The number of hydrogen-bond donors (Lipinski definition) is 0. The molecule has 2 heterocycles. The van der Waals surface area contributed by atoms with E-state index >= 15 is 0 Å². The molecule has 4 nitrogen and oxygen atoms in total. The predicted molar refractivity (Wildman–Crippen MR) is 103 cm³/mol. The number of Topliss-reactive ketones (excluding diaryl/α,β-unsaturated/α-hetero) is 1. The van der Waals surface area contributed by atoms with Gasteiger partial charge in [-0.1, -0.05) is 39.0 Å². The molecule has 7 heteroatoms. The van der Waals surface area contributed by atoms with Crippen molar-refractivity contribution in [1.82, 2.24) is 14.8 Å². The second kappa shape index (κ2) is 7.21. The van der Waals surface area contributed by atoms with E-state index in [-0.39, 0.29) is 5.78 Å². The third kappa shape index (κ3) is 3.63. The zero-order valence-electron chi connectivity index (χ0n) is 13.5. The fraction of sp³-hybridized carbons (Fsp3) is 0.235. The highest BCUT2D eigenvalue weighted by Crippen LogP contribution is 2.26. The van der Waals surface area contributed by atoms with Crippen LogP contribution in [0.3, 0.4) is 0 Å². The van der Waals surface area contributed by atoms with Gasteiger partial charge in [-0.15, -0.1) is 10.2 Å². The van der Waals surface area contributed by atoms with Crippen molar-refractivity contribution in [3.63, 3.8) is 0 Å². The molecule has 0 saturated carbocycles. The first-order valence-electron chi connectivity index (χ1n) is 7.36. The average Bonchev–Trinajstić information content (AvgIpc) is 3.09. The molecule has 0 N–H and O–H groups in total. The molecule has 1 aromatic carbocycles. The first-order chi connectivity index (χ1) is 11.5. The van der Waals surface area contributed by atoms with E-state index in [1.807, 2.05) is 51.1 Å². The van der Waals surface area contributed by atoms with Crippen molar-refractivity contribution in [1.29, 1.82) is 0 Å². The Labute approximate surface area is 157 Å². The summed E-state index contributed by atoms with van der Waals surface area (Å²) in [4.78, 5) is 12.6. The van der Waals surface area contributed by atoms with Crippen LogP contribution in [0.5, 0.6) is 0 Å². The van der Waals surface area contributed by atoms with Gasteiger partial charge in [0.2, 0.25) is 0 Å². The van der Waals surface area contributed by atoms with Gasteiger partial charge in [-0.3, -0.25) is 4.79 Å². The monoisotopic (exact) mass is 421 g/mol. The maximum absolute atomic E-state index is 12.6. The van der Waals surface area contributed by atoms with E-state index in [1.165, 1.54) is 23.1 Å². The molecule has 0 bridgehead atoms. The van der Waals surface area contributed by atoms with Gasteiger partial charge < -0.3 is 4.57 Å². The lowest BCUT2D eigenvalue weighted by atomic mass is 10.2. The molecule has 0 aliphatic carbocycles. The summed E-state index contributed by atoms with van der Waals surface area (Å²) < 4.78 is 3.98. The van der Waals surface area contributed by atoms with Crippen LogP contribution in [0.4, 0.5) is 0 Å². The van der Waals surface area contributed by atoms with E-state index in [0.29, 0.717) is 5.75 Å². The molecule has 124 valence electrons. The zero-order valence-corrected chi connectivity index (χ0v) is 16.8. The lowest BCUT2D eigenvalue weighted by Crippen LogP contribution is -2.05. The molecule has 0 spiro atoms. The van der Waals surface area contributed by atoms with Gasteiger partial charge in [-0.05, 0) is 51.1 Å². The molecule has 0 fully saturated rings. The molecule has 0 amide bonds. The van der Waals surface area contributed by atoms with Crippen molar-refractivity contribution in [2.24, 2.45) is 0 Å². The van der Waals surface area contributed by atoms with E-state index in [0.717, 1.165) is 36.5 Å². The Kier molecular flexibility index (Phi) is 5.22. The first-order valence-corrected chi connectivity index (χ1v) is 9.96. The van der Waals surface area contributed by atoms with Crippen molar-refractivity contribution in [2.75, 3.05) is 5.75 Å². The maximum Gasteiger partial charge on any atom is 0.174 e. The van der Waals surface area contributed by atoms with E-state index in [2.05, 4.69) is 30.7 Å². The molecular weight excluding hydrogens is 406 g/mol. The number of carbonyl (C=O) groups is 1. The molecule has 24 heavy (non-hydrogen) atoms. The summed E-state index contributed by atoms with van der Waals surface area (Å²) in [6, 6.07) is 10.0. The highest BCUT2D eigenvalue weighted by molar-refractivity contribution is 9.10. The molecule has 0 unspecified atom stereocenters. The van der Waals surface area contributed by atoms with Crippen LogP contribution in [0.2, 0.25) is 0 Å². The molecule has 3 rings (SSSR count). The van der Waals surface area contributed by atoms with Gasteiger partial charge in [0.15, 0.2) is 10.1 Å². The van der Waals surface area contributed by atoms with Crippen molar-refractivity contribution in [2.45, 2.75) is 25.1 Å². The first kappa shape index (κ1) is 17.4. The van der Waals surface area contributed by atoms with Crippen molar-refractivity contribution in [3.8, 4) is 5.69 Å². The minimum absolute atomic E-state index is 0.115. The van der Waals surface area contributed by atoms with Gasteiger partial charge in [-0.25, -0.2) is 0 Å². The Hall–Kier alpha value is -1.44. The molecule has 0 radical (unpaired) electrons. The molecule has 0 atom stereocenters. The second-order valence-corrected chi connectivity index (χ2v) is 8.72. The lowest BCUT2D eigenvalue weighted by Gasteiger charge is -2.10. The quantitative estimate of drug-likeness (QED) is 0.429. The predicted octanol–water partition coefficient (Wildman–Crippen LogP) is 4.99. The van der Waals surface area contributed by atoms with E-state index in [4.69, 9.17) is 0 Å². The van der Waals surface area contributed by atoms with Crippen LogP contribution >= 0.6 is 39.0 Å². The summed E-state index contributed by atoms with van der Waals surface area (Å²) >= 11 is 6.41. The number of ketones is 1. The number of rotatable bonds is 5. The highest BCUT2D eigenvalue weighted by Gasteiger charge is 2.17. The number of halogens is 1. The van der Waals surface area contributed by atoms with Crippen molar-refractivity contribution in [3.05, 3.63) is 56.8 Å². The van der Waals surface area contributed by atoms with Gasteiger partial charge in [-0.2, -0.15) is 0 Å². The SMILES string of the molecule is Cc1nnc(SCC(=O)c2cc(C)n(-c3ccc(Br)cc3)c2C)s1. The van der Waals surface area contributed by atoms with Crippen LogP contribution < -0.4 is 0 Å². The molecular formula is C17H16BrN3OS2. The topological polar surface area (TPSA) is 47.8 Å². The summed E-state index contributed by atoms with van der Waals surface area (Å²) in [7, 11) is 0. The number of benzene rings is 1. The third-order valence-corrected chi connectivity index (χ3v) is 6.15. The van der Waals surface area contributed by atoms with Gasteiger partial charge in [0.05, 0.1) is 5.75 Å². The third-order valence-electron chi connectivity index (χ3n) is 3.65. The number of carbonyl (C=O) groups excluding carboxylic acids is 1. The Bertz CT molecular complexity index is 884. The average molecular weight is 422 g/mol. The normalized spacial score (nSPS) is 11.0. The summed E-state index contributed by atoms with van der Waals surface area (Å²) in [5.74, 6) is 0.489. The Morgan fingerprint density at radius 1 is 1.21 bits per heavy atom. The van der Waals surface area contributed by atoms with Gasteiger partial charge >= 0.3 is 0 Å². The van der Waals surface area contributed by atoms with Crippen LogP contribution in [0, 0.1) is 20.8 Å². The Morgan fingerprint density at radius 2 is 1.92 bits per heavy atom. The van der Waals surface area contributed by atoms with Crippen molar-refractivity contribution < 1.29 is 4.79 Å². The summed E-state index contributed by atoms with van der Waals surface area (Å²) in [6.07, 6.45) is 0. The largest absolute Gasteiger partial charge is 0.318 e. The smallest absolute Gasteiger partial charge is 0.174 e. The van der Waals surface area contributed by atoms with Gasteiger partial charge in [0.25, 0.3) is 0 Å². The number of thioether (sulfide) groups is 1. The lowest BCUT2D eigenvalue weighted by molar-refractivity contribution is 0.102. The molecule has 2 aromatic heterocycles. The van der Waals surface area contributed by atoms with E-state index in [1.54, 1.807) is 0 Å². The minimum atomic E-state index is 0.115. The number of hydrogen-bond acceptors (Lipinski definition) is 5. The summed E-state index contributed by atoms with van der Waals surface area (Å²) in [5.41, 5.74) is 3.84. The van der Waals surface area contributed by atoms with Crippen LogP contribution in [-0.4, -0.2) is 26.3 Å². The molecule has 0 aliphatic heterocycles. The summed E-state index contributed by atoms with van der Waals surface area (Å²) in [5, 5.41) is 8.95. The van der Waals surface area contributed by atoms with Crippen LogP contribution in [-0.2, 0) is 0 Å². The maximum atomic E-state index is 12.6. The Morgan fingerprint density at radius 3 is 2.54 bits per heavy atom. The molecule has 0 saturated heterocycles. The van der Waals surface area contributed by atoms with Crippen LogP contribution in [0.15, 0.2) is 39.1 Å². The Balaban J connectivity index is 1.82. The van der Waals surface area contributed by atoms with Gasteiger partial charge in [0, 0.05) is 27.1 Å². The van der Waals surface area contributed by atoms with E-state index < -0.39 is 0 Å². The van der Waals surface area contributed by atoms with E-state index in [9.17, 15) is 4.79 Å².